The molecular formula is C21H28N2O5. The molecule has 5 saturated heterocycles. The Bertz CT molecular complexity index is 850. The number of piperidine rings is 1. The first-order valence-corrected chi connectivity index (χ1v) is 10.3. The van der Waals surface area contributed by atoms with Crippen molar-refractivity contribution in [3.05, 3.63) is 22.9 Å². The van der Waals surface area contributed by atoms with Gasteiger partial charge in [-0.2, -0.15) is 0 Å². The summed E-state index contributed by atoms with van der Waals surface area (Å²) in [5.41, 5.74) is 0.546. The van der Waals surface area contributed by atoms with Gasteiger partial charge in [0.25, 0.3) is 0 Å². The highest BCUT2D eigenvalue weighted by atomic mass is 16.7. The Morgan fingerprint density at radius 1 is 1.36 bits per heavy atom. The van der Waals surface area contributed by atoms with Gasteiger partial charge in [0.05, 0.1) is 30.2 Å². The molecule has 6 aliphatic rings. The van der Waals surface area contributed by atoms with Crippen molar-refractivity contribution in [1.29, 1.82) is 0 Å². The van der Waals surface area contributed by atoms with Gasteiger partial charge in [0.1, 0.15) is 5.76 Å². The van der Waals surface area contributed by atoms with Crippen LogP contribution in [-0.4, -0.2) is 73.5 Å². The third-order valence-electron chi connectivity index (χ3n) is 8.17. The molecule has 0 aromatic carbocycles. The minimum absolute atomic E-state index is 0.0483. The minimum atomic E-state index is -0.597. The average Bonchev–Trinajstić information content (AvgIpc) is 3.33. The van der Waals surface area contributed by atoms with Gasteiger partial charge in [-0.25, -0.2) is 4.79 Å². The van der Waals surface area contributed by atoms with Crippen LogP contribution in [0.25, 0.3) is 0 Å². The first kappa shape index (κ1) is 17.3. The molecule has 7 nitrogen and oxygen atoms in total. The molecule has 8 atom stereocenters. The summed E-state index contributed by atoms with van der Waals surface area (Å²) < 4.78 is 24.6. The molecule has 0 saturated carbocycles. The van der Waals surface area contributed by atoms with E-state index in [9.17, 15) is 4.79 Å². The maximum Gasteiger partial charge on any atom is 0.343 e. The van der Waals surface area contributed by atoms with Gasteiger partial charge in [0, 0.05) is 24.4 Å². The normalized spacial score (nSPS) is 52.7. The first-order valence-electron chi connectivity index (χ1n) is 10.3. The fourth-order valence-electron chi connectivity index (χ4n) is 7.51. The molecule has 0 N–H and O–H groups in total. The number of hydrogen-bond donors (Lipinski definition) is 0. The van der Waals surface area contributed by atoms with E-state index < -0.39 is 5.79 Å². The molecule has 6 heterocycles. The van der Waals surface area contributed by atoms with Crippen molar-refractivity contribution in [2.24, 2.45) is 17.8 Å². The van der Waals surface area contributed by atoms with Crippen LogP contribution in [0.5, 0.6) is 0 Å². The quantitative estimate of drug-likeness (QED) is 0.679. The number of esters is 1. The van der Waals surface area contributed by atoms with Crippen LogP contribution < -0.4 is 0 Å². The molecule has 0 aromatic heterocycles. The van der Waals surface area contributed by atoms with Crippen LogP contribution in [0.15, 0.2) is 22.9 Å². The maximum atomic E-state index is 12.2. The topological polar surface area (TPSA) is 60.5 Å². The van der Waals surface area contributed by atoms with Gasteiger partial charge in [-0.15, -0.1) is 0 Å². The van der Waals surface area contributed by atoms with E-state index in [1.54, 1.807) is 14.0 Å². The maximum absolute atomic E-state index is 12.2. The lowest BCUT2D eigenvalue weighted by Gasteiger charge is -2.48. The lowest BCUT2D eigenvalue weighted by molar-refractivity contribution is -0.256. The number of cyclic esters (lactones) is 1. The van der Waals surface area contributed by atoms with Gasteiger partial charge in [-0.05, 0) is 40.4 Å². The fraction of sp³-hybridized carbons (Fsp3) is 0.762. The third-order valence-corrected chi connectivity index (χ3v) is 8.17. The molecule has 0 aliphatic carbocycles. The van der Waals surface area contributed by atoms with Gasteiger partial charge in [-0.1, -0.05) is 6.92 Å². The number of hydrogen-bond acceptors (Lipinski definition) is 7. The number of fused-ring (bicyclic) bond motifs is 1. The van der Waals surface area contributed by atoms with Crippen LogP contribution in [0.3, 0.4) is 0 Å². The summed E-state index contributed by atoms with van der Waals surface area (Å²) in [6.07, 6.45) is 2.38. The molecule has 5 fully saturated rings. The first-order chi connectivity index (χ1) is 13.3. The molecule has 0 aromatic rings. The van der Waals surface area contributed by atoms with Crippen LogP contribution >= 0.6 is 0 Å². The largest absolute Gasteiger partial charge is 0.492 e. The van der Waals surface area contributed by atoms with Gasteiger partial charge >= 0.3 is 5.97 Å². The second-order valence-corrected chi connectivity index (χ2v) is 9.55. The molecule has 1 spiro atoms. The third kappa shape index (κ3) is 1.64. The lowest BCUT2D eigenvalue weighted by Crippen LogP contribution is -2.63. The van der Waals surface area contributed by atoms with Crippen LogP contribution in [0.2, 0.25) is 0 Å². The highest BCUT2D eigenvalue weighted by Crippen LogP contribution is 2.72. The number of rotatable bonds is 3. The van der Waals surface area contributed by atoms with Gasteiger partial charge in [0.2, 0.25) is 11.5 Å². The van der Waals surface area contributed by atoms with Crippen LogP contribution in [-0.2, 0) is 23.7 Å². The number of methoxy groups -OCH3 is 1. The van der Waals surface area contributed by atoms with E-state index in [0.717, 1.165) is 31.7 Å². The summed E-state index contributed by atoms with van der Waals surface area (Å²) in [4.78, 5) is 17.2. The van der Waals surface area contributed by atoms with Crippen molar-refractivity contribution in [1.82, 2.24) is 9.80 Å². The van der Waals surface area contributed by atoms with Crippen molar-refractivity contribution in [3.8, 4) is 0 Å². The standard InChI is InChI=1S/C21H28N2O5/c1-10-15-12-8-14-20(9-22(3)4)13(6-7-23(12)20)21(15,27-14)28-17(10)18-16(25-5)11(2)19(24)26-18/h10,12-15H,6-9H2,1-5H3/b18-17-/t10-,12-,13-,14-,15+,20-,21+/m0/s1. The Balaban J connectivity index is 1.48. The number of nitrogens with zero attached hydrogens (tertiary/aromatic N) is 2. The molecule has 28 heavy (non-hydrogen) atoms. The van der Waals surface area contributed by atoms with E-state index in [-0.39, 0.29) is 29.4 Å². The summed E-state index contributed by atoms with van der Waals surface area (Å²) in [5, 5.41) is 0. The monoisotopic (exact) mass is 388 g/mol. The molecule has 6 aliphatic heterocycles. The van der Waals surface area contributed by atoms with Crippen LogP contribution in [0.4, 0.5) is 0 Å². The summed E-state index contributed by atoms with van der Waals surface area (Å²) in [7, 11) is 5.86. The van der Waals surface area contributed by atoms with Crippen molar-refractivity contribution in [3.63, 3.8) is 0 Å². The van der Waals surface area contributed by atoms with Crippen molar-refractivity contribution >= 4 is 5.97 Å². The lowest BCUT2D eigenvalue weighted by atomic mass is 9.71. The van der Waals surface area contributed by atoms with E-state index >= 15 is 0 Å². The smallest absolute Gasteiger partial charge is 0.343 e. The molecule has 7 heteroatoms. The summed E-state index contributed by atoms with van der Waals surface area (Å²) in [6, 6.07) is 0.457. The van der Waals surface area contributed by atoms with Crippen molar-refractivity contribution in [2.75, 3.05) is 34.3 Å². The zero-order valence-corrected chi connectivity index (χ0v) is 17.2. The fourth-order valence-corrected chi connectivity index (χ4v) is 7.51. The summed E-state index contributed by atoms with van der Waals surface area (Å²) in [5.74, 6) is 1.44. The zero-order chi connectivity index (χ0) is 19.6. The Morgan fingerprint density at radius 2 is 2.14 bits per heavy atom. The Kier molecular flexibility index (Phi) is 3.17. The molecule has 0 radical (unpaired) electrons. The summed E-state index contributed by atoms with van der Waals surface area (Å²) in [6.45, 7) is 6.04. The van der Waals surface area contributed by atoms with E-state index in [1.807, 2.05) is 0 Å². The van der Waals surface area contributed by atoms with E-state index in [1.165, 1.54) is 0 Å². The Labute approximate surface area is 165 Å². The zero-order valence-electron chi connectivity index (χ0n) is 17.2. The number of ether oxygens (including phenoxy) is 4. The molecule has 152 valence electrons. The highest BCUT2D eigenvalue weighted by molar-refractivity contribution is 5.93. The van der Waals surface area contributed by atoms with Crippen molar-refractivity contribution in [2.45, 2.75) is 50.2 Å². The number of carbonyl (C=O) groups is 1. The molecular weight excluding hydrogens is 360 g/mol. The van der Waals surface area contributed by atoms with Gasteiger partial charge in [-0.3, -0.25) is 4.90 Å². The highest BCUT2D eigenvalue weighted by Gasteiger charge is 2.84. The number of carbonyl (C=O) groups excluding carboxylic acids is 1. The van der Waals surface area contributed by atoms with E-state index in [0.29, 0.717) is 29.1 Å². The average molecular weight is 388 g/mol. The van der Waals surface area contributed by atoms with E-state index in [4.69, 9.17) is 18.9 Å². The minimum Gasteiger partial charge on any atom is -0.492 e. The van der Waals surface area contributed by atoms with Gasteiger partial charge < -0.3 is 23.8 Å². The SMILES string of the molecule is COC1=C(C)C(=O)O/C1=C1\O[C@@]23O[C@H]4C[C@@H]([C@H]2[C@@H]1C)N1CC[C@H]3[C@@]41CN(C)C. The summed E-state index contributed by atoms with van der Waals surface area (Å²) >= 11 is 0. The molecule has 0 amide bonds. The second kappa shape index (κ2) is 5.12. The number of likely N-dealkylation sites (N-methyl/N-ethyl adjacent to an activating group) is 1. The predicted octanol–water partition coefficient (Wildman–Crippen LogP) is 1.46. The van der Waals surface area contributed by atoms with E-state index in [2.05, 4.69) is 30.8 Å². The van der Waals surface area contributed by atoms with Crippen molar-refractivity contribution < 1.29 is 23.7 Å². The molecule has 6 rings (SSSR count). The number of allylic oxidation sites excluding steroid dienone is 1. The Morgan fingerprint density at radius 3 is 2.86 bits per heavy atom. The molecule has 5 bridgehead atoms. The predicted molar refractivity (Wildman–Crippen MR) is 98.7 cm³/mol. The van der Waals surface area contributed by atoms with Crippen LogP contribution in [0.1, 0.15) is 26.7 Å². The van der Waals surface area contributed by atoms with Crippen LogP contribution in [0, 0.1) is 17.8 Å². The second-order valence-electron chi connectivity index (χ2n) is 9.55. The van der Waals surface area contributed by atoms with Gasteiger partial charge in [0.15, 0.2) is 5.76 Å². The Hall–Kier alpha value is -1.57. The molecule has 1 unspecified atom stereocenters.